The summed E-state index contributed by atoms with van der Waals surface area (Å²) in [5.74, 6) is -0.717. The van der Waals surface area contributed by atoms with Crippen LogP contribution in [0.15, 0.2) is 59.2 Å². The summed E-state index contributed by atoms with van der Waals surface area (Å²) in [6, 6.07) is 13.3. The predicted molar refractivity (Wildman–Crippen MR) is 83.8 cm³/mol. The fourth-order valence-corrected chi connectivity index (χ4v) is 2.60. The molecule has 104 valence electrons. The maximum absolute atomic E-state index is 13.1. The molecule has 0 radical (unpaired) electrons. The fraction of sp³-hybridized carbons (Fsp3) is 0. The molecule has 0 saturated carbocycles. The number of benzene rings is 2. The first-order valence-electron chi connectivity index (χ1n) is 6.25. The van der Waals surface area contributed by atoms with Gasteiger partial charge in [0.25, 0.3) is 5.91 Å². The number of halogens is 2. The highest BCUT2D eigenvalue weighted by Crippen LogP contribution is 2.23. The highest BCUT2D eigenvalue weighted by molar-refractivity contribution is 9.10. The second-order valence-electron chi connectivity index (χ2n) is 4.46. The minimum atomic E-state index is -0.398. The summed E-state index contributed by atoms with van der Waals surface area (Å²) >= 11 is 3.19. The van der Waals surface area contributed by atoms with Crippen molar-refractivity contribution in [1.29, 1.82) is 0 Å². The molecule has 0 atom stereocenters. The predicted octanol–water partition coefficient (Wildman–Crippen LogP) is 4.39. The van der Waals surface area contributed by atoms with E-state index in [1.807, 2.05) is 24.3 Å². The van der Waals surface area contributed by atoms with Gasteiger partial charge in [-0.25, -0.2) is 4.39 Å². The summed E-state index contributed by atoms with van der Waals surface area (Å²) in [6.45, 7) is 0. The average molecular weight is 345 g/mol. The highest BCUT2D eigenvalue weighted by atomic mass is 79.9. The quantitative estimate of drug-likeness (QED) is 0.749. The van der Waals surface area contributed by atoms with Crippen LogP contribution in [-0.2, 0) is 0 Å². The van der Waals surface area contributed by atoms with Crippen LogP contribution in [0, 0.1) is 5.82 Å². The Morgan fingerprint density at radius 1 is 1.14 bits per heavy atom. The van der Waals surface area contributed by atoms with Gasteiger partial charge in [0.2, 0.25) is 0 Å². The molecule has 0 spiro atoms. The molecule has 0 aliphatic heterocycles. The van der Waals surface area contributed by atoms with Gasteiger partial charge in [0.15, 0.2) is 0 Å². The van der Waals surface area contributed by atoms with Crippen molar-refractivity contribution < 1.29 is 9.18 Å². The zero-order valence-corrected chi connectivity index (χ0v) is 12.4. The smallest absolute Gasteiger partial charge is 0.256 e. The van der Waals surface area contributed by atoms with Crippen LogP contribution in [-0.4, -0.2) is 10.9 Å². The molecule has 1 aromatic heterocycles. The molecule has 3 nitrogen and oxygen atoms in total. The number of nitrogens with one attached hydrogen (secondary N) is 1. The van der Waals surface area contributed by atoms with E-state index >= 15 is 0 Å². The van der Waals surface area contributed by atoms with Crippen molar-refractivity contribution in [3.63, 3.8) is 0 Å². The lowest BCUT2D eigenvalue weighted by molar-refractivity contribution is 0.102. The first-order valence-corrected chi connectivity index (χ1v) is 7.04. The van der Waals surface area contributed by atoms with Gasteiger partial charge in [-0.3, -0.25) is 9.78 Å². The second kappa shape index (κ2) is 5.61. The number of para-hydroxylation sites is 1. The van der Waals surface area contributed by atoms with Gasteiger partial charge in [0.05, 0.1) is 16.8 Å². The molecule has 1 heterocycles. The van der Waals surface area contributed by atoms with Gasteiger partial charge in [-0.2, -0.15) is 0 Å². The molecule has 21 heavy (non-hydrogen) atoms. The summed E-state index contributed by atoms with van der Waals surface area (Å²) in [6.07, 6.45) is 1.67. The Hall–Kier alpha value is -2.27. The molecule has 0 fully saturated rings. The summed E-state index contributed by atoms with van der Waals surface area (Å²) in [7, 11) is 0. The molecule has 1 N–H and O–H groups in total. The molecule has 0 aliphatic rings. The van der Waals surface area contributed by atoms with Gasteiger partial charge >= 0.3 is 0 Å². The van der Waals surface area contributed by atoms with E-state index in [0.717, 1.165) is 5.39 Å². The summed E-state index contributed by atoms with van der Waals surface area (Å²) in [5, 5.41) is 3.75. The van der Waals surface area contributed by atoms with E-state index in [0.29, 0.717) is 21.2 Å². The molecular formula is C16H10BrFN2O. The van der Waals surface area contributed by atoms with Gasteiger partial charge in [-0.1, -0.05) is 18.2 Å². The van der Waals surface area contributed by atoms with Crippen molar-refractivity contribution in [3.05, 3.63) is 70.6 Å². The number of rotatable bonds is 2. The number of amides is 1. The van der Waals surface area contributed by atoms with Crippen molar-refractivity contribution in [2.75, 3.05) is 5.32 Å². The Morgan fingerprint density at radius 2 is 1.95 bits per heavy atom. The zero-order chi connectivity index (χ0) is 14.8. The monoisotopic (exact) mass is 344 g/mol. The molecule has 0 aliphatic carbocycles. The highest BCUT2D eigenvalue weighted by Gasteiger charge is 2.12. The van der Waals surface area contributed by atoms with Crippen molar-refractivity contribution in [3.8, 4) is 0 Å². The van der Waals surface area contributed by atoms with Crippen LogP contribution in [0.5, 0.6) is 0 Å². The zero-order valence-electron chi connectivity index (χ0n) is 10.8. The SMILES string of the molecule is O=C(Nc1cccc2cccnc12)c1ccc(F)cc1Br. The van der Waals surface area contributed by atoms with Crippen molar-refractivity contribution in [2.24, 2.45) is 0 Å². The van der Waals surface area contributed by atoms with Crippen molar-refractivity contribution in [2.45, 2.75) is 0 Å². The third-order valence-corrected chi connectivity index (χ3v) is 3.71. The topological polar surface area (TPSA) is 42.0 Å². The van der Waals surface area contributed by atoms with Crippen molar-refractivity contribution >= 4 is 38.4 Å². The number of hydrogen-bond donors (Lipinski definition) is 1. The van der Waals surface area contributed by atoms with Gasteiger partial charge in [0, 0.05) is 16.1 Å². The molecule has 1 amide bonds. The molecule has 5 heteroatoms. The number of carbonyl (C=O) groups is 1. The maximum Gasteiger partial charge on any atom is 0.256 e. The molecule has 3 aromatic rings. The van der Waals surface area contributed by atoms with Gasteiger partial charge in [-0.05, 0) is 46.3 Å². The lowest BCUT2D eigenvalue weighted by atomic mass is 10.1. The third-order valence-electron chi connectivity index (χ3n) is 3.06. The van der Waals surface area contributed by atoms with E-state index < -0.39 is 5.82 Å². The molecule has 0 saturated heterocycles. The maximum atomic E-state index is 13.1. The summed E-state index contributed by atoms with van der Waals surface area (Å²) < 4.78 is 13.5. The lowest BCUT2D eigenvalue weighted by Crippen LogP contribution is -2.13. The Morgan fingerprint density at radius 3 is 2.76 bits per heavy atom. The van der Waals surface area contributed by atoms with E-state index in [4.69, 9.17) is 0 Å². The Balaban J connectivity index is 1.97. The van der Waals surface area contributed by atoms with Crippen LogP contribution in [0.3, 0.4) is 0 Å². The minimum absolute atomic E-state index is 0.319. The molecule has 0 unspecified atom stereocenters. The lowest BCUT2D eigenvalue weighted by Gasteiger charge is -2.09. The molecule has 3 rings (SSSR count). The molecule has 0 bridgehead atoms. The molecule has 2 aromatic carbocycles. The number of hydrogen-bond acceptors (Lipinski definition) is 2. The van der Waals surface area contributed by atoms with Crippen LogP contribution < -0.4 is 5.32 Å². The Bertz CT molecular complexity index is 830. The Kier molecular flexibility index (Phi) is 3.66. The fourth-order valence-electron chi connectivity index (χ4n) is 2.07. The third kappa shape index (κ3) is 2.78. The number of aromatic nitrogens is 1. The minimum Gasteiger partial charge on any atom is -0.320 e. The standard InChI is InChI=1S/C16H10BrFN2O/c17-13-9-11(18)6-7-12(13)16(21)20-14-5-1-3-10-4-2-8-19-15(10)14/h1-9H,(H,20,21). The number of anilines is 1. The summed E-state index contributed by atoms with van der Waals surface area (Å²) in [5.41, 5.74) is 1.70. The van der Waals surface area contributed by atoms with Crippen LogP contribution in [0.4, 0.5) is 10.1 Å². The first-order chi connectivity index (χ1) is 10.1. The average Bonchev–Trinajstić information content (AvgIpc) is 2.47. The van der Waals surface area contributed by atoms with E-state index in [9.17, 15) is 9.18 Å². The second-order valence-corrected chi connectivity index (χ2v) is 5.31. The van der Waals surface area contributed by atoms with E-state index in [2.05, 4.69) is 26.2 Å². The number of nitrogens with zero attached hydrogens (tertiary/aromatic N) is 1. The van der Waals surface area contributed by atoms with Crippen LogP contribution in [0.2, 0.25) is 0 Å². The summed E-state index contributed by atoms with van der Waals surface area (Å²) in [4.78, 5) is 16.6. The number of pyridine rings is 1. The van der Waals surface area contributed by atoms with Gasteiger partial charge < -0.3 is 5.32 Å². The largest absolute Gasteiger partial charge is 0.320 e. The molecular weight excluding hydrogens is 335 g/mol. The number of carbonyl (C=O) groups excluding carboxylic acids is 1. The van der Waals surface area contributed by atoms with Gasteiger partial charge in [-0.15, -0.1) is 0 Å². The first kappa shape index (κ1) is 13.7. The van der Waals surface area contributed by atoms with E-state index in [1.54, 1.807) is 12.3 Å². The Labute approximate surface area is 128 Å². The van der Waals surface area contributed by atoms with E-state index in [-0.39, 0.29) is 5.91 Å². The van der Waals surface area contributed by atoms with E-state index in [1.165, 1.54) is 18.2 Å². The van der Waals surface area contributed by atoms with Crippen LogP contribution >= 0.6 is 15.9 Å². The number of fused-ring (bicyclic) bond motifs is 1. The van der Waals surface area contributed by atoms with Crippen LogP contribution in [0.1, 0.15) is 10.4 Å². The van der Waals surface area contributed by atoms with Gasteiger partial charge in [0.1, 0.15) is 5.82 Å². The van der Waals surface area contributed by atoms with Crippen molar-refractivity contribution in [1.82, 2.24) is 4.98 Å². The van der Waals surface area contributed by atoms with Crippen LogP contribution in [0.25, 0.3) is 10.9 Å². The normalized spacial score (nSPS) is 10.6.